The molecule has 1 saturated heterocycles. The van der Waals surface area contributed by atoms with Crippen LogP contribution in [0.25, 0.3) is 0 Å². The molecule has 1 saturated carbocycles. The number of nitrogens with zero attached hydrogens (tertiary/aromatic N) is 1. The first-order valence-electron chi connectivity index (χ1n) is 7.55. The molecule has 1 aromatic carbocycles. The lowest BCUT2D eigenvalue weighted by Crippen LogP contribution is -2.44. The Morgan fingerprint density at radius 2 is 2.18 bits per heavy atom. The maximum absolute atomic E-state index is 13.8. The van der Waals surface area contributed by atoms with E-state index in [-0.39, 0.29) is 24.6 Å². The summed E-state index contributed by atoms with van der Waals surface area (Å²) in [5.74, 6) is -0.780. The number of ether oxygens (including phenoxy) is 2. The summed E-state index contributed by atoms with van der Waals surface area (Å²) >= 11 is 0. The summed E-state index contributed by atoms with van der Waals surface area (Å²) in [5.41, 5.74) is 0.276. The van der Waals surface area contributed by atoms with Crippen LogP contribution >= 0.6 is 0 Å². The Balaban J connectivity index is 1.56. The van der Waals surface area contributed by atoms with E-state index in [0.29, 0.717) is 25.7 Å². The molecular weight excluding hydrogens is 292 g/mol. The zero-order valence-corrected chi connectivity index (χ0v) is 12.3. The second kappa shape index (κ2) is 6.71. The molecule has 0 N–H and O–H groups in total. The highest BCUT2D eigenvalue weighted by Gasteiger charge is 2.28. The predicted octanol–water partition coefficient (Wildman–Crippen LogP) is 2.29. The van der Waals surface area contributed by atoms with Crippen LogP contribution < -0.4 is 0 Å². The highest BCUT2D eigenvalue weighted by Crippen LogP contribution is 2.29. The van der Waals surface area contributed by atoms with Crippen molar-refractivity contribution in [3.05, 3.63) is 35.4 Å². The molecule has 22 heavy (non-hydrogen) atoms. The van der Waals surface area contributed by atoms with Crippen LogP contribution in [-0.2, 0) is 14.3 Å². The van der Waals surface area contributed by atoms with Gasteiger partial charge < -0.3 is 14.4 Å². The molecule has 2 fully saturated rings. The van der Waals surface area contributed by atoms with Crippen LogP contribution in [0.5, 0.6) is 0 Å². The van der Waals surface area contributed by atoms with E-state index in [1.165, 1.54) is 25.0 Å². The Morgan fingerprint density at radius 3 is 2.91 bits per heavy atom. The molecule has 6 heteroatoms. The molecule has 120 valence electrons. The summed E-state index contributed by atoms with van der Waals surface area (Å²) in [7, 11) is 0. The van der Waals surface area contributed by atoms with E-state index in [1.54, 1.807) is 4.90 Å². The summed E-state index contributed by atoms with van der Waals surface area (Å²) in [4.78, 5) is 13.7. The van der Waals surface area contributed by atoms with Crippen LogP contribution in [0.2, 0.25) is 0 Å². The highest BCUT2D eigenvalue weighted by molar-refractivity contribution is 5.77. The molecule has 0 spiro atoms. The second-order valence-electron chi connectivity index (χ2n) is 5.82. The lowest BCUT2D eigenvalue weighted by molar-refractivity contribution is -0.144. The molecule has 4 nitrogen and oxygen atoms in total. The van der Waals surface area contributed by atoms with Gasteiger partial charge in [-0.1, -0.05) is 6.07 Å². The Bertz CT molecular complexity index is 548. The first-order chi connectivity index (χ1) is 10.6. The van der Waals surface area contributed by atoms with Crippen molar-refractivity contribution in [3.8, 4) is 0 Å². The van der Waals surface area contributed by atoms with Gasteiger partial charge in [0.15, 0.2) is 0 Å². The van der Waals surface area contributed by atoms with Gasteiger partial charge in [-0.15, -0.1) is 0 Å². The maximum atomic E-state index is 13.8. The number of hydrogen-bond donors (Lipinski definition) is 0. The van der Waals surface area contributed by atoms with E-state index >= 15 is 0 Å². The number of halogens is 2. The lowest BCUT2D eigenvalue weighted by Gasteiger charge is -2.33. The largest absolute Gasteiger partial charge is 0.371 e. The molecular formula is C16H19F2NO3. The van der Waals surface area contributed by atoms with Gasteiger partial charge in [0.25, 0.3) is 0 Å². The zero-order chi connectivity index (χ0) is 15.5. The minimum atomic E-state index is -0.649. The molecule has 0 bridgehead atoms. The quantitative estimate of drug-likeness (QED) is 0.837. The van der Waals surface area contributed by atoms with Crippen LogP contribution in [-0.4, -0.2) is 43.7 Å². The van der Waals surface area contributed by atoms with Crippen LogP contribution in [0.4, 0.5) is 8.78 Å². The topological polar surface area (TPSA) is 38.8 Å². The van der Waals surface area contributed by atoms with Gasteiger partial charge in [-0.2, -0.15) is 0 Å². The van der Waals surface area contributed by atoms with Crippen molar-refractivity contribution in [1.29, 1.82) is 0 Å². The van der Waals surface area contributed by atoms with E-state index < -0.39 is 17.7 Å². The number of hydrogen-bond acceptors (Lipinski definition) is 3. The van der Waals surface area contributed by atoms with Crippen LogP contribution in [0, 0.1) is 17.6 Å². The molecule has 3 rings (SSSR count). The number of benzene rings is 1. The van der Waals surface area contributed by atoms with Crippen LogP contribution in [0.15, 0.2) is 18.2 Å². The highest BCUT2D eigenvalue weighted by atomic mass is 19.1. The van der Waals surface area contributed by atoms with Crippen molar-refractivity contribution < 1.29 is 23.0 Å². The standard InChI is InChI=1S/C16H19F2NO3/c17-12-3-4-13(14(18)7-12)15-8-19(5-6-22-15)16(20)10-21-9-11-1-2-11/h3-4,7,11,15H,1-2,5-6,8-10H2. The number of morpholine rings is 1. The molecule has 1 atom stereocenters. The molecule has 1 aliphatic carbocycles. The smallest absolute Gasteiger partial charge is 0.248 e. The fraction of sp³-hybridized carbons (Fsp3) is 0.562. The van der Waals surface area contributed by atoms with Gasteiger partial charge in [-0.25, -0.2) is 8.78 Å². The fourth-order valence-electron chi connectivity index (χ4n) is 2.52. The lowest BCUT2D eigenvalue weighted by atomic mass is 10.1. The minimum Gasteiger partial charge on any atom is -0.371 e. The van der Waals surface area contributed by atoms with Gasteiger partial charge in [0, 0.05) is 18.2 Å². The molecule has 1 aliphatic heterocycles. The first-order valence-corrected chi connectivity index (χ1v) is 7.55. The van der Waals surface area contributed by atoms with Crippen molar-refractivity contribution in [2.24, 2.45) is 5.92 Å². The number of carbonyl (C=O) groups is 1. The Morgan fingerprint density at radius 1 is 1.36 bits per heavy atom. The van der Waals surface area contributed by atoms with Crippen molar-refractivity contribution >= 4 is 5.91 Å². The van der Waals surface area contributed by atoms with E-state index in [9.17, 15) is 13.6 Å². The van der Waals surface area contributed by atoms with Crippen molar-refractivity contribution in [3.63, 3.8) is 0 Å². The first kappa shape index (κ1) is 15.4. The number of carbonyl (C=O) groups excluding carboxylic acids is 1. The van der Waals surface area contributed by atoms with Gasteiger partial charge in [0.1, 0.15) is 24.3 Å². The summed E-state index contributed by atoms with van der Waals surface area (Å²) in [6.45, 7) is 1.73. The second-order valence-corrected chi connectivity index (χ2v) is 5.82. The maximum Gasteiger partial charge on any atom is 0.248 e. The Hall–Kier alpha value is -1.53. The molecule has 1 aromatic rings. The average Bonchev–Trinajstić information content (AvgIpc) is 3.31. The molecule has 2 aliphatic rings. The van der Waals surface area contributed by atoms with Crippen LogP contribution in [0.3, 0.4) is 0 Å². The van der Waals surface area contributed by atoms with E-state index in [4.69, 9.17) is 9.47 Å². The Labute approximate surface area is 128 Å². The SMILES string of the molecule is O=C(COCC1CC1)N1CCOC(c2ccc(F)cc2F)C1. The zero-order valence-electron chi connectivity index (χ0n) is 12.3. The molecule has 1 amide bonds. The minimum absolute atomic E-state index is 0.0507. The summed E-state index contributed by atoms with van der Waals surface area (Å²) < 4.78 is 37.7. The number of rotatable bonds is 5. The van der Waals surface area contributed by atoms with E-state index in [2.05, 4.69) is 0 Å². The average molecular weight is 311 g/mol. The van der Waals surface area contributed by atoms with Gasteiger partial charge >= 0.3 is 0 Å². The van der Waals surface area contributed by atoms with E-state index in [0.717, 1.165) is 6.07 Å². The summed E-state index contributed by atoms with van der Waals surface area (Å²) in [6, 6.07) is 3.40. The normalized spacial score (nSPS) is 21.9. The van der Waals surface area contributed by atoms with Gasteiger partial charge in [-0.05, 0) is 24.8 Å². The number of amides is 1. The van der Waals surface area contributed by atoms with Crippen molar-refractivity contribution in [2.75, 3.05) is 32.9 Å². The van der Waals surface area contributed by atoms with Gasteiger partial charge in [-0.3, -0.25) is 4.79 Å². The monoisotopic (exact) mass is 311 g/mol. The van der Waals surface area contributed by atoms with Gasteiger partial charge in [0.05, 0.1) is 19.8 Å². The summed E-state index contributed by atoms with van der Waals surface area (Å²) in [6.07, 6.45) is 1.79. The fourth-order valence-corrected chi connectivity index (χ4v) is 2.52. The third-order valence-corrected chi connectivity index (χ3v) is 4.00. The Kier molecular flexibility index (Phi) is 4.69. The van der Waals surface area contributed by atoms with Gasteiger partial charge in [0.2, 0.25) is 5.91 Å². The third-order valence-electron chi connectivity index (χ3n) is 4.00. The molecule has 1 unspecified atom stereocenters. The molecule has 0 radical (unpaired) electrons. The van der Waals surface area contributed by atoms with E-state index in [1.807, 2.05) is 0 Å². The van der Waals surface area contributed by atoms with Crippen molar-refractivity contribution in [2.45, 2.75) is 18.9 Å². The van der Waals surface area contributed by atoms with Crippen LogP contribution in [0.1, 0.15) is 24.5 Å². The summed E-state index contributed by atoms with van der Waals surface area (Å²) in [5, 5.41) is 0. The molecule has 1 heterocycles. The molecule has 0 aromatic heterocycles. The third kappa shape index (κ3) is 3.81. The predicted molar refractivity (Wildman–Crippen MR) is 75.2 cm³/mol. The van der Waals surface area contributed by atoms with Crippen molar-refractivity contribution in [1.82, 2.24) is 4.90 Å².